The SMILES string of the molecule is NC(=O)C1CCN(c2nc3c(c(=O)[nH]2)[C@@H](CC(=O)Nc2ccc4c(c2)OCO4)C(=O)N3)CC1. The highest BCUT2D eigenvalue weighted by molar-refractivity contribution is 6.05. The first kappa shape index (κ1) is 20.8. The van der Waals surface area contributed by atoms with Crippen LogP contribution in [-0.4, -0.2) is 47.6 Å². The number of rotatable bonds is 5. The molecule has 0 unspecified atom stereocenters. The van der Waals surface area contributed by atoms with Crippen LogP contribution in [0.25, 0.3) is 0 Å². The van der Waals surface area contributed by atoms with Crippen molar-refractivity contribution in [2.24, 2.45) is 11.7 Å². The van der Waals surface area contributed by atoms with E-state index in [9.17, 15) is 19.2 Å². The molecule has 3 amide bonds. The van der Waals surface area contributed by atoms with E-state index < -0.39 is 23.3 Å². The Morgan fingerprint density at radius 2 is 1.94 bits per heavy atom. The number of nitrogens with one attached hydrogen (secondary N) is 3. The summed E-state index contributed by atoms with van der Waals surface area (Å²) in [7, 11) is 0. The second kappa shape index (κ2) is 8.11. The zero-order chi connectivity index (χ0) is 23.1. The van der Waals surface area contributed by atoms with Gasteiger partial charge in [-0.25, -0.2) is 0 Å². The second-order valence-corrected chi connectivity index (χ2v) is 8.18. The van der Waals surface area contributed by atoms with Crippen LogP contribution in [0.15, 0.2) is 23.0 Å². The summed E-state index contributed by atoms with van der Waals surface area (Å²) in [5.41, 5.74) is 5.51. The van der Waals surface area contributed by atoms with Crippen molar-refractivity contribution in [3.63, 3.8) is 0 Å². The van der Waals surface area contributed by atoms with Gasteiger partial charge in [0.05, 0.1) is 11.5 Å². The van der Waals surface area contributed by atoms with Crippen molar-refractivity contribution in [1.29, 1.82) is 0 Å². The van der Waals surface area contributed by atoms with Gasteiger partial charge in [-0.05, 0) is 25.0 Å². The number of nitrogens with two attached hydrogens (primary N) is 1. The minimum atomic E-state index is -0.958. The number of benzene rings is 1. The number of primary amides is 1. The molecule has 4 heterocycles. The van der Waals surface area contributed by atoms with Crippen molar-refractivity contribution in [2.75, 3.05) is 35.4 Å². The van der Waals surface area contributed by atoms with Crippen LogP contribution in [0, 0.1) is 5.92 Å². The van der Waals surface area contributed by atoms with Crippen LogP contribution in [0.2, 0.25) is 0 Å². The Balaban J connectivity index is 1.29. The summed E-state index contributed by atoms with van der Waals surface area (Å²) in [6.07, 6.45) is 0.900. The molecular formula is C21H22N6O6. The fraction of sp³-hybridized carbons (Fsp3) is 0.381. The first-order valence-corrected chi connectivity index (χ1v) is 10.6. The van der Waals surface area contributed by atoms with Crippen LogP contribution in [0.1, 0.15) is 30.7 Å². The van der Waals surface area contributed by atoms with E-state index >= 15 is 0 Å². The molecule has 1 aromatic heterocycles. The van der Waals surface area contributed by atoms with E-state index in [-0.39, 0.29) is 36.4 Å². The van der Waals surface area contributed by atoms with Gasteiger partial charge >= 0.3 is 0 Å². The number of carbonyl (C=O) groups excluding carboxylic acids is 3. The topological polar surface area (TPSA) is 169 Å². The van der Waals surface area contributed by atoms with E-state index in [0.29, 0.717) is 49.1 Å². The van der Waals surface area contributed by atoms with Gasteiger partial charge in [-0.1, -0.05) is 0 Å². The van der Waals surface area contributed by atoms with Crippen LogP contribution < -0.4 is 36.3 Å². The maximum Gasteiger partial charge on any atom is 0.258 e. The third-order valence-corrected chi connectivity index (χ3v) is 6.09. The minimum Gasteiger partial charge on any atom is -0.454 e. The average molecular weight is 454 g/mol. The van der Waals surface area contributed by atoms with Gasteiger partial charge in [0.15, 0.2) is 11.5 Å². The maximum atomic E-state index is 12.8. The molecule has 1 aromatic carbocycles. The molecule has 2 aromatic rings. The molecule has 0 bridgehead atoms. The molecule has 0 spiro atoms. The summed E-state index contributed by atoms with van der Waals surface area (Å²) >= 11 is 0. The Bertz CT molecular complexity index is 1200. The molecule has 0 radical (unpaired) electrons. The number of carbonyl (C=O) groups is 3. The average Bonchev–Trinajstić information content (AvgIpc) is 3.37. The Morgan fingerprint density at radius 1 is 1.18 bits per heavy atom. The van der Waals surface area contributed by atoms with Gasteiger partial charge in [-0.15, -0.1) is 0 Å². The number of aromatic amines is 1. The standard InChI is InChI=1S/C21H22N6O6/c22-17(29)10-3-5-27(6-4-10)21-25-18-16(20(31)26-21)12(19(30)24-18)8-15(28)23-11-1-2-13-14(7-11)33-9-32-13/h1-2,7,10,12H,3-6,8-9H2,(H2,22,29)(H,23,28)(H2,24,25,26,30,31)/t12-/m1/s1. The molecule has 1 atom stereocenters. The zero-order valence-electron chi connectivity index (χ0n) is 17.6. The molecule has 12 nitrogen and oxygen atoms in total. The van der Waals surface area contributed by atoms with Gasteiger partial charge in [-0.3, -0.25) is 24.2 Å². The molecule has 33 heavy (non-hydrogen) atoms. The third-order valence-electron chi connectivity index (χ3n) is 6.09. The van der Waals surface area contributed by atoms with Crippen molar-refractivity contribution in [1.82, 2.24) is 9.97 Å². The maximum absolute atomic E-state index is 12.8. The summed E-state index contributed by atoms with van der Waals surface area (Å²) in [5.74, 6) is -0.820. The monoisotopic (exact) mass is 454 g/mol. The number of nitrogens with zero attached hydrogens (tertiary/aromatic N) is 2. The molecule has 1 fully saturated rings. The molecule has 0 aliphatic carbocycles. The van der Waals surface area contributed by atoms with Gasteiger partial charge in [-0.2, -0.15) is 4.98 Å². The Labute approximate surface area is 187 Å². The zero-order valence-corrected chi connectivity index (χ0v) is 17.6. The molecule has 5 rings (SSSR count). The third kappa shape index (κ3) is 3.95. The number of H-pyrrole nitrogens is 1. The lowest BCUT2D eigenvalue weighted by atomic mass is 9.96. The quantitative estimate of drug-likeness (QED) is 0.499. The number of ether oxygens (including phenoxy) is 2. The summed E-state index contributed by atoms with van der Waals surface area (Å²) < 4.78 is 10.5. The first-order valence-electron chi connectivity index (χ1n) is 10.6. The second-order valence-electron chi connectivity index (χ2n) is 8.18. The molecule has 3 aliphatic heterocycles. The first-order chi connectivity index (χ1) is 15.9. The number of aromatic nitrogens is 2. The Kier molecular flexibility index (Phi) is 5.11. The van der Waals surface area contributed by atoms with E-state index in [4.69, 9.17) is 15.2 Å². The van der Waals surface area contributed by atoms with Crippen molar-refractivity contribution in [3.8, 4) is 11.5 Å². The van der Waals surface area contributed by atoms with Crippen LogP contribution in [-0.2, 0) is 14.4 Å². The highest BCUT2D eigenvalue weighted by Gasteiger charge is 2.37. The number of hydrogen-bond donors (Lipinski definition) is 4. The Hall–Kier alpha value is -4.09. The Morgan fingerprint density at radius 3 is 2.70 bits per heavy atom. The molecule has 172 valence electrons. The van der Waals surface area contributed by atoms with Gasteiger partial charge in [0.1, 0.15) is 5.82 Å². The van der Waals surface area contributed by atoms with Crippen molar-refractivity contribution < 1.29 is 23.9 Å². The number of anilines is 3. The van der Waals surface area contributed by atoms with Crippen molar-refractivity contribution >= 4 is 35.2 Å². The van der Waals surface area contributed by atoms with E-state index in [1.165, 1.54) is 0 Å². The number of amides is 3. The lowest BCUT2D eigenvalue weighted by molar-refractivity contribution is -0.122. The number of fused-ring (bicyclic) bond motifs is 2. The summed E-state index contributed by atoms with van der Waals surface area (Å²) in [6.45, 7) is 1.13. The smallest absolute Gasteiger partial charge is 0.258 e. The summed E-state index contributed by atoms with van der Waals surface area (Å²) in [4.78, 5) is 58.3. The van der Waals surface area contributed by atoms with E-state index in [0.717, 1.165) is 0 Å². The molecule has 5 N–H and O–H groups in total. The van der Waals surface area contributed by atoms with E-state index in [1.54, 1.807) is 18.2 Å². The minimum absolute atomic E-state index is 0.118. The van der Waals surface area contributed by atoms with Crippen molar-refractivity contribution in [3.05, 3.63) is 34.1 Å². The largest absolute Gasteiger partial charge is 0.454 e. The normalized spacial score (nSPS) is 19.2. The molecular weight excluding hydrogens is 432 g/mol. The van der Waals surface area contributed by atoms with Crippen molar-refractivity contribution in [2.45, 2.75) is 25.2 Å². The van der Waals surface area contributed by atoms with Crippen LogP contribution >= 0.6 is 0 Å². The number of hydrogen-bond acceptors (Lipinski definition) is 8. The lowest BCUT2D eigenvalue weighted by Gasteiger charge is -2.30. The van der Waals surface area contributed by atoms with Gasteiger partial charge in [0.25, 0.3) is 5.56 Å². The fourth-order valence-electron chi connectivity index (χ4n) is 4.32. The van der Waals surface area contributed by atoms with E-state index in [1.807, 2.05) is 4.90 Å². The fourth-order valence-corrected chi connectivity index (χ4v) is 4.32. The van der Waals surface area contributed by atoms with E-state index in [2.05, 4.69) is 20.6 Å². The molecule has 1 saturated heterocycles. The molecule has 0 saturated carbocycles. The van der Waals surface area contributed by atoms with Crippen LogP contribution in [0.3, 0.4) is 0 Å². The number of piperidine rings is 1. The van der Waals surface area contributed by atoms with Gasteiger partial charge in [0.2, 0.25) is 30.5 Å². The van der Waals surface area contributed by atoms with Crippen LogP contribution in [0.5, 0.6) is 11.5 Å². The molecule has 3 aliphatic rings. The highest BCUT2D eigenvalue weighted by atomic mass is 16.7. The summed E-state index contributed by atoms with van der Waals surface area (Å²) in [6, 6.07) is 4.97. The van der Waals surface area contributed by atoms with Gasteiger partial charge < -0.3 is 30.7 Å². The lowest BCUT2D eigenvalue weighted by Crippen LogP contribution is -2.40. The predicted octanol–water partition coefficient (Wildman–Crippen LogP) is 0.265. The summed E-state index contributed by atoms with van der Waals surface area (Å²) in [5, 5.41) is 5.32. The predicted molar refractivity (Wildman–Crippen MR) is 116 cm³/mol. The molecule has 12 heteroatoms. The van der Waals surface area contributed by atoms with Crippen LogP contribution in [0.4, 0.5) is 17.5 Å². The highest BCUT2D eigenvalue weighted by Crippen LogP contribution is 2.35. The van der Waals surface area contributed by atoms with Gasteiger partial charge in [0, 0.05) is 37.2 Å².